The lowest BCUT2D eigenvalue weighted by Gasteiger charge is -2.26. The van der Waals surface area contributed by atoms with Crippen LogP contribution in [0.3, 0.4) is 0 Å². The molecule has 0 saturated carbocycles. The zero-order chi connectivity index (χ0) is 22.0. The van der Waals surface area contributed by atoms with Gasteiger partial charge in [0.1, 0.15) is 5.82 Å². The lowest BCUT2D eigenvalue weighted by molar-refractivity contribution is 0.0730. The van der Waals surface area contributed by atoms with Crippen molar-refractivity contribution in [2.45, 2.75) is 11.8 Å². The number of carbonyl (C=O) groups is 1. The van der Waals surface area contributed by atoms with Gasteiger partial charge in [-0.3, -0.25) is 4.79 Å². The Morgan fingerprint density at radius 2 is 1.84 bits per heavy atom. The van der Waals surface area contributed by atoms with Crippen molar-refractivity contribution in [2.75, 3.05) is 31.6 Å². The highest BCUT2D eigenvalue weighted by molar-refractivity contribution is 7.89. The first kappa shape index (κ1) is 21.0. The molecule has 0 unspecified atom stereocenters. The van der Waals surface area contributed by atoms with Crippen molar-refractivity contribution < 1.29 is 22.3 Å². The lowest BCUT2D eigenvalue weighted by Crippen LogP contribution is -2.40. The van der Waals surface area contributed by atoms with Crippen LogP contribution in [-0.4, -0.2) is 65.1 Å². The van der Waals surface area contributed by atoms with E-state index in [-0.39, 0.29) is 29.2 Å². The summed E-state index contributed by atoms with van der Waals surface area (Å²) in [7, 11) is -3.66. The number of carbonyl (C=O) groups excluding carboxylic acids is 1. The number of aryl methyl sites for hydroxylation is 1. The lowest BCUT2D eigenvalue weighted by atomic mass is 10.2. The highest BCUT2D eigenvalue weighted by Gasteiger charge is 2.26. The topological polar surface area (TPSA) is 119 Å². The van der Waals surface area contributed by atoms with Gasteiger partial charge >= 0.3 is 0 Å². The quantitative estimate of drug-likeness (QED) is 0.629. The van der Waals surface area contributed by atoms with Gasteiger partial charge in [-0.2, -0.15) is 8.99 Å². The first-order valence-electron chi connectivity index (χ1n) is 9.40. The average Bonchev–Trinajstić information content (AvgIpc) is 3.22. The second kappa shape index (κ2) is 8.49. The van der Waals surface area contributed by atoms with Crippen molar-refractivity contribution in [1.29, 1.82) is 0 Å². The average molecular weight is 446 g/mol. The van der Waals surface area contributed by atoms with Gasteiger partial charge in [0.05, 0.1) is 29.5 Å². The first-order chi connectivity index (χ1) is 14.9. The van der Waals surface area contributed by atoms with Crippen LogP contribution in [0.2, 0.25) is 0 Å². The molecular formula is C19H19FN6O4S. The number of benzene rings is 2. The molecule has 0 spiro atoms. The van der Waals surface area contributed by atoms with Crippen LogP contribution >= 0.6 is 0 Å². The Morgan fingerprint density at radius 3 is 2.48 bits per heavy atom. The number of nitrogens with zero attached hydrogens (tertiary/aromatic N) is 5. The van der Waals surface area contributed by atoms with Crippen LogP contribution in [-0.2, 0) is 14.8 Å². The third kappa shape index (κ3) is 4.31. The molecule has 1 fully saturated rings. The summed E-state index contributed by atoms with van der Waals surface area (Å²) in [5.41, 5.74) is 0.609. The largest absolute Gasteiger partial charge is 0.379 e. The van der Waals surface area contributed by atoms with Crippen LogP contribution in [0.4, 0.5) is 10.1 Å². The number of hydrogen-bond donors (Lipinski definition) is 1. The van der Waals surface area contributed by atoms with Crippen molar-refractivity contribution in [3.05, 3.63) is 59.7 Å². The molecule has 1 aliphatic heterocycles. The molecule has 0 aliphatic carbocycles. The summed E-state index contributed by atoms with van der Waals surface area (Å²) in [5, 5.41) is 13.6. The SMILES string of the molecule is Cc1nnnn1-c1ccc(F)c(NC(=O)c2ccc(S(=O)(=O)N3CCOCC3)cc2)c1. The summed E-state index contributed by atoms with van der Waals surface area (Å²) < 4.78 is 47.5. The monoisotopic (exact) mass is 446 g/mol. The maximum atomic E-state index is 14.2. The molecule has 1 saturated heterocycles. The van der Waals surface area contributed by atoms with Crippen molar-refractivity contribution in [3.8, 4) is 5.69 Å². The van der Waals surface area contributed by atoms with E-state index in [1.54, 1.807) is 6.92 Å². The molecule has 12 heteroatoms. The molecule has 2 aromatic carbocycles. The van der Waals surface area contributed by atoms with Crippen LogP contribution in [0.25, 0.3) is 5.69 Å². The second-order valence-electron chi connectivity index (χ2n) is 6.80. The van der Waals surface area contributed by atoms with Gasteiger partial charge in [-0.25, -0.2) is 12.8 Å². The molecule has 4 rings (SSSR count). The van der Waals surface area contributed by atoms with Crippen molar-refractivity contribution in [1.82, 2.24) is 24.5 Å². The molecule has 0 atom stereocenters. The molecular weight excluding hydrogens is 427 g/mol. The van der Waals surface area contributed by atoms with Gasteiger partial charge in [-0.05, 0) is 59.8 Å². The van der Waals surface area contributed by atoms with E-state index in [2.05, 4.69) is 20.8 Å². The Bertz CT molecular complexity index is 1210. The van der Waals surface area contributed by atoms with Crippen molar-refractivity contribution >= 4 is 21.6 Å². The molecule has 1 N–H and O–H groups in total. The number of sulfonamides is 1. The van der Waals surface area contributed by atoms with Gasteiger partial charge < -0.3 is 10.1 Å². The summed E-state index contributed by atoms with van der Waals surface area (Å²) in [6, 6.07) is 9.58. The Hall–Kier alpha value is -3.22. The molecule has 31 heavy (non-hydrogen) atoms. The van der Waals surface area contributed by atoms with Crippen LogP contribution in [0.15, 0.2) is 47.4 Å². The summed E-state index contributed by atoms with van der Waals surface area (Å²) in [6.45, 7) is 2.93. The Labute approximate surface area is 177 Å². The molecule has 1 amide bonds. The highest BCUT2D eigenvalue weighted by Crippen LogP contribution is 2.21. The smallest absolute Gasteiger partial charge is 0.255 e. The number of morpholine rings is 1. The minimum atomic E-state index is -3.66. The number of halogens is 1. The summed E-state index contributed by atoms with van der Waals surface area (Å²) in [4.78, 5) is 12.7. The zero-order valence-corrected chi connectivity index (χ0v) is 17.3. The van der Waals surface area contributed by atoms with Gasteiger partial charge in [0.15, 0.2) is 5.82 Å². The van der Waals surface area contributed by atoms with Crippen LogP contribution in [0, 0.1) is 12.7 Å². The molecule has 0 bridgehead atoms. The van der Waals surface area contributed by atoms with E-state index in [1.165, 1.54) is 51.5 Å². The Kier molecular flexibility index (Phi) is 5.76. The van der Waals surface area contributed by atoms with E-state index in [9.17, 15) is 17.6 Å². The predicted molar refractivity (Wildman–Crippen MR) is 108 cm³/mol. The van der Waals surface area contributed by atoms with Crippen molar-refractivity contribution in [3.63, 3.8) is 0 Å². The standard InChI is InChI=1S/C19H19FN6O4S/c1-13-22-23-24-26(13)15-4-7-17(20)18(12-15)21-19(27)14-2-5-16(6-3-14)31(28,29)25-8-10-30-11-9-25/h2-7,12H,8-11H2,1H3,(H,21,27). The van der Waals surface area contributed by atoms with E-state index >= 15 is 0 Å². The van der Waals surface area contributed by atoms with Crippen LogP contribution in [0.5, 0.6) is 0 Å². The van der Waals surface area contributed by atoms with Crippen molar-refractivity contribution in [2.24, 2.45) is 0 Å². The first-order valence-corrected chi connectivity index (χ1v) is 10.8. The Balaban J connectivity index is 1.52. The zero-order valence-electron chi connectivity index (χ0n) is 16.5. The molecule has 10 nitrogen and oxygen atoms in total. The summed E-state index contributed by atoms with van der Waals surface area (Å²) in [6.07, 6.45) is 0. The maximum Gasteiger partial charge on any atom is 0.255 e. The van der Waals surface area contributed by atoms with Gasteiger partial charge in [-0.15, -0.1) is 5.10 Å². The van der Waals surface area contributed by atoms with Gasteiger partial charge in [0, 0.05) is 18.7 Å². The second-order valence-corrected chi connectivity index (χ2v) is 8.73. The van der Waals surface area contributed by atoms with E-state index in [0.29, 0.717) is 24.7 Å². The maximum absolute atomic E-state index is 14.2. The van der Waals surface area contributed by atoms with Crippen LogP contribution < -0.4 is 5.32 Å². The fraction of sp³-hybridized carbons (Fsp3) is 0.263. The summed E-state index contributed by atoms with van der Waals surface area (Å²) in [5.74, 6) is -0.713. The summed E-state index contributed by atoms with van der Waals surface area (Å²) >= 11 is 0. The minimum Gasteiger partial charge on any atom is -0.379 e. The number of anilines is 1. The number of tetrazole rings is 1. The highest BCUT2D eigenvalue weighted by atomic mass is 32.2. The van der Waals surface area contributed by atoms with Gasteiger partial charge in [0.2, 0.25) is 10.0 Å². The van der Waals surface area contributed by atoms with Crippen LogP contribution in [0.1, 0.15) is 16.2 Å². The number of aromatic nitrogens is 4. The fourth-order valence-corrected chi connectivity index (χ4v) is 4.53. The molecule has 0 radical (unpaired) electrons. The van der Waals surface area contributed by atoms with E-state index in [0.717, 1.165) is 0 Å². The molecule has 1 aromatic heterocycles. The molecule has 2 heterocycles. The molecule has 1 aliphatic rings. The number of hydrogen-bond acceptors (Lipinski definition) is 7. The minimum absolute atomic E-state index is 0.0533. The number of nitrogens with one attached hydrogen (secondary N) is 1. The molecule has 162 valence electrons. The number of amides is 1. The van der Waals surface area contributed by atoms with E-state index in [1.807, 2.05) is 0 Å². The third-order valence-corrected chi connectivity index (χ3v) is 6.71. The molecule has 3 aromatic rings. The number of ether oxygens (including phenoxy) is 1. The fourth-order valence-electron chi connectivity index (χ4n) is 3.12. The normalized spacial score (nSPS) is 15.0. The van der Waals surface area contributed by atoms with Gasteiger partial charge in [-0.1, -0.05) is 0 Å². The third-order valence-electron chi connectivity index (χ3n) is 4.79. The van der Waals surface area contributed by atoms with Gasteiger partial charge in [0.25, 0.3) is 5.91 Å². The van der Waals surface area contributed by atoms with E-state index in [4.69, 9.17) is 4.74 Å². The Morgan fingerprint density at radius 1 is 1.13 bits per heavy atom. The predicted octanol–water partition coefficient (Wildman–Crippen LogP) is 1.38. The number of rotatable bonds is 5. The van der Waals surface area contributed by atoms with E-state index < -0.39 is 21.7 Å².